The standard InChI is InChI=1S/C22H27N5OS/c1-3-19-15-26-21(29-19)10-12-25-22(23-2)27-14-18-9-11-24-20(13-18)28-16-17-7-5-4-6-8-17/h4-9,11,13,15H,3,10,12,14,16H2,1-2H3,(H2,23,25,27). The lowest BCUT2D eigenvalue weighted by molar-refractivity contribution is 0.293. The summed E-state index contributed by atoms with van der Waals surface area (Å²) in [5.74, 6) is 1.38. The highest BCUT2D eigenvalue weighted by molar-refractivity contribution is 7.11. The van der Waals surface area contributed by atoms with Gasteiger partial charge in [0.1, 0.15) is 6.61 Å². The third-order valence-corrected chi connectivity index (χ3v) is 5.50. The lowest BCUT2D eigenvalue weighted by Crippen LogP contribution is -2.37. The van der Waals surface area contributed by atoms with E-state index >= 15 is 0 Å². The van der Waals surface area contributed by atoms with Crippen molar-refractivity contribution in [3.05, 3.63) is 75.9 Å². The molecule has 0 radical (unpaired) electrons. The van der Waals surface area contributed by atoms with Crippen molar-refractivity contribution in [3.8, 4) is 5.88 Å². The summed E-state index contributed by atoms with van der Waals surface area (Å²) < 4.78 is 5.80. The molecule has 2 N–H and O–H groups in total. The number of rotatable bonds is 9. The molecule has 6 nitrogen and oxygen atoms in total. The van der Waals surface area contributed by atoms with E-state index in [2.05, 4.69) is 32.5 Å². The Bertz CT molecular complexity index is 910. The molecule has 0 atom stereocenters. The van der Waals surface area contributed by atoms with Gasteiger partial charge in [-0.3, -0.25) is 4.99 Å². The molecule has 3 rings (SSSR count). The van der Waals surface area contributed by atoms with Crippen LogP contribution < -0.4 is 15.4 Å². The van der Waals surface area contributed by atoms with E-state index in [1.54, 1.807) is 24.6 Å². The fraction of sp³-hybridized carbons (Fsp3) is 0.318. The first kappa shape index (κ1) is 20.8. The molecule has 0 spiro atoms. The van der Waals surface area contributed by atoms with Gasteiger partial charge in [0.05, 0.1) is 5.01 Å². The zero-order valence-electron chi connectivity index (χ0n) is 16.9. The predicted octanol–water partition coefficient (Wildman–Crippen LogP) is 3.59. The van der Waals surface area contributed by atoms with Gasteiger partial charge in [-0.25, -0.2) is 9.97 Å². The normalized spacial score (nSPS) is 11.3. The van der Waals surface area contributed by atoms with Crippen LogP contribution in [0.3, 0.4) is 0 Å². The molecule has 0 amide bonds. The Labute approximate surface area is 176 Å². The lowest BCUT2D eigenvalue weighted by Gasteiger charge is -2.12. The average molecular weight is 410 g/mol. The zero-order valence-corrected chi connectivity index (χ0v) is 17.7. The number of hydrogen-bond acceptors (Lipinski definition) is 5. The second-order valence-electron chi connectivity index (χ2n) is 6.45. The minimum Gasteiger partial charge on any atom is -0.473 e. The van der Waals surface area contributed by atoms with Gasteiger partial charge in [-0.2, -0.15) is 0 Å². The van der Waals surface area contributed by atoms with E-state index < -0.39 is 0 Å². The third kappa shape index (κ3) is 6.87. The molecule has 0 saturated heterocycles. The van der Waals surface area contributed by atoms with E-state index in [1.807, 2.05) is 48.7 Å². The highest BCUT2D eigenvalue weighted by atomic mass is 32.1. The molecule has 152 valence electrons. The summed E-state index contributed by atoms with van der Waals surface area (Å²) in [5, 5.41) is 7.82. The smallest absolute Gasteiger partial charge is 0.213 e. The minimum atomic E-state index is 0.504. The number of thiazole rings is 1. The fourth-order valence-electron chi connectivity index (χ4n) is 2.69. The topological polar surface area (TPSA) is 71.4 Å². The SMILES string of the molecule is CCc1cnc(CCNC(=NC)NCc2ccnc(OCc3ccccc3)c2)s1. The van der Waals surface area contributed by atoms with Gasteiger partial charge in [-0.15, -0.1) is 11.3 Å². The molecule has 0 aliphatic heterocycles. The van der Waals surface area contributed by atoms with Crippen LogP contribution in [0.25, 0.3) is 0 Å². The number of aromatic nitrogens is 2. The largest absolute Gasteiger partial charge is 0.473 e. The lowest BCUT2D eigenvalue weighted by atomic mass is 10.2. The predicted molar refractivity (Wildman–Crippen MR) is 118 cm³/mol. The van der Waals surface area contributed by atoms with Crippen LogP contribution in [-0.2, 0) is 26.0 Å². The molecule has 0 unspecified atom stereocenters. The van der Waals surface area contributed by atoms with Crippen molar-refractivity contribution in [1.82, 2.24) is 20.6 Å². The van der Waals surface area contributed by atoms with Crippen LogP contribution in [0, 0.1) is 0 Å². The first-order chi connectivity index (χ1) is 14.3. The Hall–Kier alpha value is -2.93. The minimum absolute atomic E-state index is 0.504. The second-order valence-corrected chi connectivity index (χ2v) is 7.65. The molecule has 0 bridgehead atoms. The molecule has 0 aliphatic carbocycles. The maximum atomic E-state index is 5.80. The summed E-state index contributed by atoms with van der Waals surface area (Å²) in [6.07, 6.45) is 5.66. The van der Waals surface area contributed by atoms with Gasteiger partial charge in [0.25, 0.3) is 0 Å². The first-order valence-corrected chi connectivity index (χ1v) is 10.6. The Kier molecular flexibility index (Phi) is 8.01. The van der Waals surface area contributed by atoms with Crippen molar-refractivity contribution >= 4 is 17.3 Å². The molecule has 2 heterocycles. The number of nitrogens with zero attached hydrogens (tertiary/aromatic N) is 3. The molecule has 0 fully saturated rings. The number of aliphatic imine (C=N–C) groups is 1. The summed E-state index contributed by atoms with van der Waals surface area (Å²) in [7, 11) is 1.77. The van der Waals surface area contributed by atoms with Crippen LogP contribution in [0.4, 0.5) is 0 Å². The molecule has 7 heteroatoms. The molecule has 0 aliphatic rings. The molecule has 29 heavy (non-hydrogen) atoms. The Morgan fingerprint density at radius 3 is 2.72 bits per heavy atom. The van der Waals surface area contributed by atoms with Crippen LogP contribution in [0.15, 0.2) is 59.9 Å². The number of ether oxygens (including phenoxy) is 1. The van der Waals surface area contributed by atoms with Crippen LogP contribution in [0.5, 0.6) is 5.88 Å². The quantitative estimate of drug-likeness (QED) is 0.417. The van der Waals surface area contributed by atoms with Gasteiger partial charge in [0, 0.05) is 49.9 Å². The number of guanidine groups is 1. The van der Waals surface area contributed by atoms with E-state index in [0.29, 0.717) is 19.0 Å². The summed E-state index contributed by atoms with van der Waals surface area (Å²) >= 11 is 1.77. The van der Waals surface area contributed by atoms with Gasteiger partial charge < -0.3 is 15.4 Å². The Morgan fingerprint density at radius 2 is 1.97 bits per heavy atom. The van der Waals surface area contributed by atoms with Crippen LogP contribution in [0.1, 0.15) is 27.9 Å². The molecular formula is C22H27N5OS. The summed E-state index contributed by atoms with van der Waals surface area (Å²) in [5.41, 5.74) is 2.20. The van der Waals surface area contributed by atoms with Crippen LogP contribution in [0.2, 0.25) is 0 Å². The molecule has 3 aromatic rings. The van der Waals surface area contributed by atoms with Crippen molar-refractivity contribution in [2.24, 2.45) is 4.99 Å². The maximum absolute atomic E-state index is 5.80. The number of aryl methyl sites for hydroxylation is 1. The van der Waals surface area contributed by atoms with E-state index in [1.165, 1.54) is 4.88 Å². The van der Waals surface area contributed by atoms with Gasteiger partial charge in [-0.1, -0.05) is 37.3 Å². The Balaban J connectivity index is 1.44. The van der Waals surface area contributed by atoms with Crippen molar-refractivity contribution < 1.29 is 4.74 Å². The second kappa shape index (κ2) is 11.2. The van der Waals surface area contributed by atoms with E-state index in [-0.39, 0.29) is 0 Å². The maximum Gasteiger partial charge on any atom is 0.213 e. The summed E-state index contributed by atoms with van der Waals surface area (Å²) in [4.78, 5) is 14.4. The molecule has 0 saturated carbocycles. The molecule has 2 aromatic heterocycles. The third-order valence-electron chi connectivity index (χ3n) is 4.29. The van der Waals surface area contributed by atoms with Crippen molar-refractivity contribution in [2.75, 3.05) is 13.6 Å². The monoisotopic (exact) mass is 409 g/mol. The first-order valence-electron chi connectivity index (χ1n) is 9.76. The molecule has 1 aromatic carbocycles. The molecular weight excluding hydrogens is 382 g/mol. The summed E-state index contributed by atoms with van der Waals surface area (Å²) in [6, 6.07) is 14.0. The van der Waals surface area contributed by atoms with Crippen molar-refractivity contribution in [3.63, 3.8) is 0 Å². The van der Waals surface area contributed by atoms with Crippen LogP contribution in [-0.4, -0.2) is 29.5 Å². The zero-order chi connectivity index (χ0) is 20.3. The fourth-order valence-corrected chi connectivity index (χ4v) is 3.55. The Morgan fingerprint density at radius 1 is 1.10 bits per heavy atom. The van der Waals surface area contributed by atoms with Gasteiger partial charge >= 0.3 is 0 Å². The van der Waals surface area contributed by atoms with Crippen molar-refractivity contribution in [2.45, 2.75) is 32.9 Å². The van der Waals surface area contributed by atoms with E-state index in [9.17, 15) is 0 Å². The van der Waals surface area contributed by atoms with E-state index in [4.69, 9.17) is 4.74 Å². The number of hydrogen-bond donors (Lipinski definition) is 2. The summed E-state index contributed by atoms with van der Waals surface area (Å²) in [6.45, 7) is 4.09. The highest BCUT2D eigenvalue weighted by Crippen LogP contribution is 2.13. The van der Waals surface area contributed by atoms with E-state index in [0.717, 1.165) is 41.5 Å². The average Bonchev–Trinajstić information content (AvgIpc) is 3.24. The highest BCUT2D eigenvalue weighted by Gasteiger charge is 2.04. The van der Waals surface area contributed by atoms with Crippen LogP contribution >= 0.6 is 11.3 Å². The van der Waals surface area contributed by atoms with Gasteiger partial charge in [0.2, 0.25) is 5.88 Å². The number of benzene rings is 1. The van der Waals surface area contributed by atoms with Gasteiger partial charge in [-0.05, 0) is 23.6 Å². The number of pyridine rings is 1. The van der Waals surface area contributed by atoms with Crippen molar-refractivity contribution in [1.29, 1.82) is 0 Å². The van der Waals surface area contributed by atoms with Gasteiger partial charge in [0.15, 0.2) is 5.96 Å². The number of nitrogens with one attached hydrogen (secondary N) is 2.